The highest BCUT2D eigenvalue weighted by Crippen LogP contribution is 2.26. The summed E-state index contributed by atoms with van der Waals surface area (Å²) in [4.78, 5) is 6.93. The van der Waals surface area contributed by atoms with E-state index in [-0.39, 0.29) is 0 Å². The van der Waals surface area contributed by atoms with Crippen LogP contribution in [0.4, 0.5) is 0 Å². The van der Waals surface area contributed by atoms with E-state index >= 15 is 0 Å². The zero-order valence-electron chi connectivity index (χ0n) is 10.7. The molecule has 4 heteroatoms. The Morgan fingerprint density at radius 2 is 2.29 bits per heavy atom. The van der Waals surface area contributed by atoms with Gasteiger partial charge in [-0.3, -0.25) is 4.90 Å². The second-order valence-electron chi connectivity index (χ2n) is 5.41. The van der Waals surface area contributed by atoms with Gasteiger partial charge in [-0.15, -0.1) is 0 Å². The normalized spacial score (nSPS) is 29.5. The minimum absolute atomic E-state index is 0.695. The summed E-state index contributed by atoms with van der Waals surface area (Å²) in [6, 6.07) is 0.695. The summed E-state index contributed by atoms with van der Waals surface area (Å²) in [7, 11) is 0. The van der Waals surface area contributed by atoms with Crippen LogP contribution in [0, 0.1) is 19.8 Å². The summed E-state index contributed by atoms with van der Waals surface area (Å²) in [6.45, 7) is 8.38. The number of rotatable bonds is 2. The molecule has 0 amide bonds. The van der Waals surface area contributed by atoms with Crippen molar-refractivity contribution in [3.63, 3.8) is 0 Å². The fraction of sp³-hybridized carbons (Fsp3) is 0.769. The van der Waals surface area contributed by atoms with Crippen LogP contribution in [-0.4, -0.2) is 35.6 Å². The van der Waals surface area contributed by atoms with E-state index in [9.17, 15) is 0 Å². The molecule has 3 heterocycles. The number of aromatic nitrogens is 1. The summed E-state index contributed by atoms with van der Waals surface area (Å²) >= 11 is 0. The first-order chi connectivity index (χ1) is 8.22. The van der Waals surface area contributed by atoms with E-state index in [1.165, 1.54) is 25.9 Å². The summed E-state index contributed by atoms with van der Waals surface area (Å²) in [5.74, 6) is 2.66. The van der Waals surface area contributed by atoms with Crippen molar-refractivity contribution in [2.24, 2.45) is 5.92 Å². The number of hydrogen-bond acceptors (Lipinski definition) is 4. The molecule has 0 spiro atoms. The van der Waals surface area contributed by atoms with Crippen LogP contribution in [0.25, 0.3) is 0 Å². The monoisotopic (exact) mass is 235 g/mol. The van der Waals surface area contributed by atoms with Crippen LogP contribution in [0.1, 0.15) is 30.2 Å². The lowest BCUT2D eigenvalue weighted by Gasteiger charge is -2.24. The Bertz CT molecular complexity index is 368. The minimum atomic E-state index is 0.695. The molecule has 17 heavy (non-hydrogen) atoms. The predicted octanol–water partition coefficient (Wildman–Crippen LogP) is 1.48. The highest BCUT2D eigenvalue weighted by molar-refractivity contribution is 5.05. The van der Waals surface area contributed by atoms with Crippen LogP contribution >= 0.6 is 0 Å². The molecule has 2 aliphatic heterocycles. The number of nitrogens with zero attached hydrogens (tertiary/aromatic N) is 2. The largest absolute Gasteiger partial charge is 0.444 e. The maximum Gasteiger partial charge on any atom is 0.208 e. The molecule has 94 valence electrons. The fourth-order valence-electron chi connectivity index (χ4n) is 3.06. The van der Waals surface area contributed by atoms with Gasteiger partial charge in [0.1, 0.15) is 5.76 Å². The first kappa shape index (κ1) is 11.2. The molecule has 2 fully saturated rings. The standard InChI is InChI=1S/C13H21N3O/c1-9-10(2)17-13(15-9)8-16-6-11-4-3-5-14-12(11)7-16/h11-12,14H,3-8H2,1-2H3. The van der Waals surface area contributed by atoms with Crippen LogP contribution in [0.5, 0.6) is 0 Å². The number of nitrogens with one attached hydrogen (secondary N) is 1. The maximum atomic E-state index is 5.66. The Labute approximate surface area is 102 Å². The van der Waals surface area contributed by atoms with Crippen LogP contribution < -0.4 is 5.32 Å². The third-order valence-electron chi connectivity index (χ3n) is 4.11. The number of aryl methyl sites for hydroxylation is 2. The predicted molar refractivity (Wildman–Crippen MR) is 65.8 cm³/mol. The summed E-state index contributed by atoms with van der Waals surface area (Å²) < 4.78 is 5.66. The summed E-state index contributed by atoms with van der Waals surface area (Å²) in [5.41, 5.74) is 1.02. The molecule has 1 aromatic rings. The van der Waals surface area contributed by atoms with Crippen molar-refractivity contribution in [3.8, 4) is 0 Å². The average Bonchev–Trinajstić information content (AvgIpc) is 2.83. The molecular weight excluding hydrogens is 214 g/mol. The molecule has 0 aliphatic carbocycles. The molecular formula is C13H21N3O. The van der Waals surface area contributed by atoms with Gasteiger partial charge in [-0.25, -0.2) is 4.98 Å². The second kappa shape index (κ2) is 4.42. The van der Waals surface area contributed by atoms with E-state index in [0.717, 1.165) is 36.4 Å². The van der Waals surface area contributed by atoms with E-state index in [1.54, 1.807) is 0 Å². The van der Waals surface area contributed by atoms with Crippen LogP contribution in [-0.2, 0) is 6.54 Å². The molecule has 2 aliphatic rings. The molecule has 0 radical (unpaired) electrons. The molecule has 1 N–H and O–H groups in total. The highest BCUT2D eigenvalue weighted by Gasteiger charge is 2.34. The van der Waals surface area contributed by atoms with Crippen LogP contribution in [0.2, 0.25) is 0 Å². The van der Waals surface area contributed by atoms with Crippen molar-refractivity contribution in [2.45, 2.75) is 39.3 Å². The Balaban J connectivity index is 1.63. The Morgan fingerprint density at radius 1 is 1.41 bits per heavy atom. The van der Waals surface area contributed by atoms with Crippen molar-refractivity contribution in [1.29, 1.82) is 0 Å². The van der Waals surface area contributed by atoms with Crippen molar-refractivity contribution >= 4 is 0 Å². The molecule has 2 atom stereocenters. The molecule has 3 rings (SSSR count). The topological polar surface area (TPSA) is 41.3 Å². The van der Waals surface area contributed by atoms with Crippen molar-refractivity contribution < 1.29 is 4.42 Å². The lowest BCUT2D eigenvalue weighted by Crippen LogP contribution is -2.40. The fourth-order valence-corrected chi connectivity index (χ4v) is 3.06. The number of oxazole rings is 1. The number of hydrogen-bond donors (Lipinski definition) is 1. The highest BCUT2D eigenvalue weighted by atomic mass is 16.4. The number of fused-ring (bicyclic) bond motifs is 1. The number of piperidine rings is 1. The summed E-state index contributed by atoms with van der Waals surface area (Å²) in [6.07, 6.45) is 2.70. The van der Waals surface area contributed by atoms with Crippen molar-refractivity contribution in [3.05, 3.63) is 17.3 Å². The maximum absolute atomic E-state index is 5.66. The van der Waals surface area contributed by atoms with Gasteiger partial charge in [-0.05, 0) is 39.2 Å². The second-order valence-corrected chi connectivity index (χ2v) is 5.41. The smallest absolute Gasteiger partial charge is 0.208 e. The van der Waals surface area contributed by atoms with Gasteiger partial charge in [0.25, 0.3) is 0 Å². The Morgan fingerprint density at radius 3 is 3.00 bits per heavy atom. The Kier molecular flexibility index (Phi) is 2.92. The van der Waals surface area contributed by atoms with E-state index in [4.69, 9.17) is 4.42 Å². The third kappa shape index (κ3) is 2.24. The lowest BCUT2D eigenvalue weighted by atomic mass is 9.94. The van der Waals surface area contributed by atoms with Gasteiger partial charge < -0.3 is 9.73 Å². The van der Waals surface area contributed by atoms with Crippen LogP contribution in [0.3, 0.4) is 0 Å². The molecule has 0 aromatic carbocycles. The molecule has 2 unspecified atom stereocenters. The number of likely N-dealkylation sites (tertiary alicyclic amines) is 1. The molecule has 0 saturated carbocycles. The van der Waals surface area contributed by atoms with Gasteiger partial charge in [0.05, 0.1) is 12.2 Å². The van der Waals surface area contributed by atoms with E-state index in [2.05, 4.69) is 15.2 Å². The SMILES string of the molecule is Cc1nc(CN2CC3CCCNC3C2)oc1C. The molecule has 4 nitrogen and oxygen atoms in total. The van der Waals surface area contributed by atoms with Gasteiger partial charge in [0, 0.05) is 19.1 Å². The zero-order chi connectivity index (χ0) is 11.8. The van der Waals surface area contributed by atoms with Gasteiger partial charge >= 0.3 is 0 Å². The summed E-state index contributed by atoms with van der Waals surface area (Å²) in [5, 5.41) is 3.62. The lowest BCUT2D eigenvalue weighted by molar-refractivity contribution is 0.276. The molecule has 1 aromatic heterocycles. The van der Waals surface area contributed by atoms with E-state index < -0.39 is 0 Å². The van der Waals surface area contributed by atoms with Gasteiger partial charge in [0.2, 0.25) is 5.89 Å². The van der Waals surface area contributed by atoms with Crippen molar-refractivity contribution in [2.75, 3.05) is 19.6 Å². The third-order valence-corrected chi connectivity index (χ3v) is 4.11. The van der Waals surface area contributed by atoms with Gasteiger partial charge in [0.15, 0.2) is 0 Å². The van der Waals surface area contributed by atoms with Gasteiger partial charge in [-0.1, -0.05) is 0 Å². The van der Waals surface area contributed by atoms with Crippen LogP contribution in [0.15, 0.2) is 4.42 Å². The first-order valence-electron chi connectivity index (χ1n) is 6.61. The average molecular weight is 235 g/mol. The zero-order valence-corrected chi connectivity index (χ0v) is 10.7. The quantitative estimate of drug-likeness (QED) is 0.843. The minimum Gasteiger partial charge on any atom is -0.444 e. The van der Waals surface area contributed by atoms with Crippen molar-refractivity contribution in [1.82, 2.24) is 15.2 Å². The molecule has 0 bridgehead atoms. The van der Waals surface area contributed by atoms with E-state index in [1.807, 2.05) is 13.8 Å². The Hall–Kier alpha value is -0.870. The van der Waals surface area contributed by atoms with E-state index in [0.29, 0.717) is 6.04 Å². The molecule has 2 saturated heterocycles. The first-order valence-corrected chi connectivity index (χ1v) is 6.61. The van der Waals surface area contributed by atoms with Gasteiger partial charge in [-0.2, -0.15) is 0 Å².